The number of aromatic amines is 3. The molecule has 3 aromatic heterocycles. The van der Waals surface area contributed by atoms with Crippen LogP contribution in [0.5, 0.6) is 0 Å². The average molecular weight is 724 g/mol. The molecule has 0 saturated carbocycles. The summed E-state index contributed by atoms with van der Waals surface area (Å²) in [5, 5.41) is 7.14. The second-order valence-electron chi connectivity index (χ2n) is 13.9. The number of carbonyl (C=O) groups is 3. The minimum absolute atomic E-state index is 0.0590. The van der Waals surface area contributed by atoms with Crippen molar-refractivity contribution in [2.75, 3.05) is 13.1 Å². The van der Waals surface area contributed by atoms with Gasteiger partial charge in [-0.15, -0.1) is 0 Å². The number of benzene rings is 3. The van der Waals surface area contributed by atoms with Gasteiger partial charge in [-0.3, -0.25) is 14.7 Å². The van der Waals surface area contributed by atoms with Gasteiger partial charge < -0.3 is 30.2 Å². The van der Waals surface area contributed by atoms with Gasteiger partial charge in [-0.25, -0.2) is 14.8 Å². The van der Waals surface area contributed by atoms with Crippen LogP contribution in [0.1, 0.15) is 72.5 Å². The first kappa shape index (κ1) is 34.6. The van der Waals surface area contributed by atoms with Crippen LogP contribution >= 0.6 is 0 Å². The van der Waals surface area contributed by atoms with Crippen LogP contribution in [-0.2, 0) is 20.7 Å². The van der Waals surface area contributed by atoms with Gasteiger partial charge in [0.05, 0.1) is 48.0 Å². The van der Waals surface area contributed by atoms with Gasteiger partial charge >= 0.3 is 6.09 Å². The highest BCUT2D eigenvalue weighted by Gasteiger charge is 2.38. The zero-order chi connectivity index (χ0) is 37.2. The third-order valence-electron chi connectivity index (χ3n) is 10.3. The Balaban J connectivity index is 0.921. The first-order valence-electron chi connectivity index (χ1n) is 18.2. The quantitative estimate of drug-likeness (QED) is 0.123. The number of imidazole rings is 2. The molecular weight excluding hydrogens is 683 g/mol. The second-order valence-corrected chi connectivity index (χ2v) is 13.9. The maximum absolute atomic E-state index is 13.7. The molecule has 2 fully saturated rings. The second kappa shape index (κ2) is 14.9. The van der Waals surface area contributed by atoms with Gasteiger partial charge in [0.2, 0.25) is 12.0 Å². The van der Waals surface area contributed by atoms with Crippen molar-refractivity contribution in [3.8, 4) is 33.6 Å². The summed E-state index contributed by atoms with van der Waals surface area (Å²) < 4.78 is 5.29. The minimum atomic E-state index is -1.12. The van der Waals surface area contributed by atoms with E-state index in [1.54, 1.807) is 35.4 Å². The molecule has 0 aliphatic carbocycles. The Hall–Kier alpha value is -6.50. The van der Waals surface area contributed by atoms with Crippen molar-refractivity contribution < 1.29 is 19.1 Å². The molecule has 13 nitrogen and oxygen atoms in total. The molecule has 3 atom stereocenters. The molecule has 0 radical (unpaired) electrons. The summed E-state index contributed by atoms with van der Waals surface area (Å²) in [7, 11) is 0. The predicted molar refractivity (Wildman–Crippen MR) is 201 cm³/mol. The third kappa shape index (κ3) is 7.12. The molecule has 3 aromatic carbocycles. The van der Waals surface area contributed by atoms with E-state index in [2.05, 4.69) is 66.5 Å². The van der Waals surface area contributed by atoms with Gasteiger partial charge in [-0.2, -0.15) is 5.10 Å². The molecule has 2 aliphatic rings. The number of carbonyl (C=O) groups excluding carboxylic acids is 3. The van der Waals surface area contributed by atoms with Gasteiger partial charge in [-0.1, -0.05) is 78.9 Å². The zero-order valence-electron chi connectivity index (χ0n) is 29.9. The summed E-state index contributed by atoms with van der Waals surface area (Å²) in [4.78, 5) is 58.4. The molecule has 5 N–H and O–H groups in total. The van der Waals surface area contributed by atoms with E-state index in [0.29, 0.717) is 24.5 Å². The first-order chi connectivity index (χ1) is 26.3. The van der Waals surface area contributed by atoms with Crippen molar-refractivity contribution in [1.29, 1.82) is 0 Å². The molecule has 13 heteroatoms. The number of hydrogen-bond donors (Lipinski definition) is 4. The van der Waals surface area contributed by atoms with Gasteiger partial charge in [0.15, 0.2) is 0 Å². The van der Waals surface area contributed by atoms with Crippen molar-refractivity contribution in [2.45, 2.75) is 57.2 Å². The summed E-state index contributed by atoms with van der Waals surface area (Å²) in [6, 6.07) is 27.0. The van der Waals surface area contributed by atoms with E-state index in [9.17, 15) is 14.4 Å². The number of amides is 3. The Bertz CT molecular complexity index is 2260. The fourth-order valence-corrected chi connectivity index (χ4v) is 7.63. The Labute approximate surface area is 312 Å². The number of aryl methyl sites for hydroxylation is 1. The molecule has 0 bridgehead atoms. The largest absolute Gasteiger partial charge is 0.431 e. The number of nitrogens with two attached hydrogens (primary N) is 1. The molecule has 2 saturated heterocycles. The van der Waals surface area contributed by atoms with E-state index in [1.165, 1.54) is 0 Å². The van der Waals surface area contributed by atoms with Crippen LogP contribution in [0.2, 0.25) is 0 Å². The standard InChI is InChI=1S/C41H41N9O4/c1-25-21-31(48-47-25)22-36(51)49-19-5-9-34(49)38-43-23-32(45-38)28-15-11-26(12-16-28)27-13-17-29(18-14-27)33-24-44-39(46-33)35-10-6-20-50(35)40(52)37(54-41(42)53)30-7-3-2-4-8-30/h2-4,7-8,11-18,21,23-24,34-35,37H,5-6,9-10,19-20,22H2,1H3,(H2,42,53)(H,43,45)(H,44,46)(H,47,48)/t34-,35-,37+/m0/s1. The Kier molecular flexibility index (Phi) is 9.51. The molecule has 274 valence electrons. The van der Waals surface area contributed by atoms with Gasteiger partial charge in [0.1, 0.15) is 11.6 Å². The molecule has 0 spiro atoms. The van der Waals surface area contributed by atoms with Crippen LogP contribution in [0.15, 0.2) is 97.3 Å². The van der Waals surface area contributed by atoms with Crippen LogP contribution in [-0.4, -0.2) is 70.9 Å². The lowest BCUT2D eigenvalue weighted by molar-refractivity contribution is -0.141. The number of primary amides is 1. The molecule has 8 rings (SSSR count). The number of nitrogens with one attached hydrogen (secondary N) is 3. The molecule has 0 unspecified atom stereocenters. The molecule has 5 heterocycles. The first-order valence-corrected chi connectivity index (χ1v) is 18.2. The van der Waals surface area contributed by atoms with Crippen LogP contribution in [0.3, 0.4) is 0 Å². The van der Waals surface area contributed by atoms with Crippen molar-refractivity contribution in [3.05, 3.63) is 126 Å². The summed E-state index contributed by atoms with van der Waals surface area (Å²) in [5.74, 6) is 1.22. The zero-order valence-corrected chi connectivity index (χ0v) is 29.9. The summed E-state index contributed by atoms with van der Waals surface area (Å²) >= 11 is 0. The van der Waals surface area contributed by atoms with Gasteiger partial charge in [0.25, 0.3) is 5.91 Å². The lowest BCUT2D eigenvalue weighted by Gasteiger charge is -2.27. The fourth-order valence-electron chi connectivity index (χ4n) is 7.63. The highest BCUT2D eigenvalue weighted by Crippen LogP contribution is 2.36. The highest BCUT2D eigenvalue weighted by atomic mass is 16.6. The van der Waals surface area contributed by atoms with Crippen LogP contribution < -0.4 is 5.73 Å². The number of H-pyrrole nitrogens is 3. The summed E-state index contributed by atoms with van der Waals surface area (Å²) in [5.41, 5.74) is 13.5. The van der Waals surface area contributed by atoms with E-state index in [4.69, 9.17) is 10.5 Å². The van der Waals surface area contributed by atoms with E-state index >= 15 is 0 Å². The molecule has 6 aromatic rings. The number of hydrogen-bond acceptors (Lipinski definition) is 7. The predicted octanol–water partition coefficient (Wildman–Crippen LogP) is 6.57. The third-order valence-corrected chi connectivity index (χ3v) is 10.3. The smallest absolute Gasteiger partial charge is 0.405 e. The normalized spacial score (nSPS) is 17.5. The topological polar surface area (TPSA) is 179 Å². The van der Waals surface area contributed by atoms with Crippen LogP contribution in [0.25, 0.3) is 33.6 Å². The van der Waals surface area contributed by atoms with Crippen molar-refractivity contribution in [3.63, 3.8) is 0 Å². The van der Waals surface area contributed by atoms with E-state index in [0.717, 1.165) is 76.5 Å². The average Bonchev–Trinajstić information content (AvgIpc) is 4.04. The van der Waals surface area contributed by atoms with Crippen molar-refractivity contribution in [2.24, 2.45) is 5.73 Å². The molecule has 3 amide bonds. The van der Waals surface area contributed by atoms with Crippen LogP contribution in [0, 0.1) is 6.92 Å². The fraction of sp³-hybridized carbons (Fsp3) is 0.268. The number of aromatic nitrogens is 6. The van der Waals surface area contributed by atoms with Gasteiger partial charge in [-0.05, 0) is 60.9 Å². The maximum Gasteiger partial charge on any atom is 0.405 e. The number of likely N-dealkylation sites (tertiary alicyclic amines) is 2. The summed E-state index contributed by atoms with van der Waals surface area (Å²) in [6.07, 6.45) is 5.11. The van der Waals surface area contributed by atoms with Crippen molar-refractivity contribution >= 4 is 17.9 Å². The number of nitrogens with zero attached hydrogens (tertiary/aromatic N) is 5. The van der Waals surface area contributed by atoms with Crippen molar-refractivity contribution in [1.82, 2.24) is 39.9 Å². The molecule has 2 aliphatic heterocycles. The monoisotopic (exact) mass is 723 g/mol. The number of rotatable bonds is 10. The maximum atomic E-state index is 13.7. The lowest BCUT2D eigenvalue weighted by Crippen LogP contribution is -2.37. The SMILES string of the molecule is Cc1cc(CC(=O)N2CCC[C@H]2c2ncc(-c3ccc(-c4ccc(-c5cnc([C@@H]6CCCN6C(=O)[C@H](OC(N)=O)c6ccccc6)[nH]5)cc4)cc3)[nH]2)n[nH]1. The van der Waals surface area contributed by atoms with Crippen LogP contribution in [0.4, 0.5) is 4.79 Å². The van der Waals surface area contributed by atoms with E-state index < -0.39 is 12.2 Å². The highest BCUT2D eigenvalue weighted by molar-refractivity contribution is 5.85. The lowest BCUT2D eigenvalue weighted by atomic mass is 10.0. The molecular formula is C41H41N9O4. The van der Waals surface area contributed by atoms with Gasteiger partial charge in [0, 0.05) is 24.3 Å². The van der Waals surface area contributed by atoms with E-state index in [1.807, 2.05) is 42.3 Å². The Morgan fingerprint density at radius 3 is 1.85 bits per heavy atom. The molecule has 54 heavy (non-hydrogen) atoms. The summed E-state index contributed by atoms with van der Waals surface area (Å²) in [6.45, 7) is 3.16. The number of ether oxygens (including phenoxy) is 1. The Morgan fingerprint density at radius 1 is 0.778 bits per heavy atom. The Morgan fingerprint density at radius 2 is 1.31 bits per heavy atom. The minimum Gasteiger partial charge on any atom is -0.431 e. The van der Waals surface area contributed by atoms with E-state index in [-0.39, 0.29) is 30.3 Å².